The zero-order valence-electron chi connectivity index (χ0n) is 17.0. The van der Waals surface area contributed by atoms with Gasteiger partial charge in [0.05, 0.1) is 28.9 Å². The smallest absolute Gasteiger partial charge is 0.414 e. The summed E-state index contributed by atoms with van der Waals surface area (Å²) in [4.78, 5) is 37.0. The summed E-state index contributed by atoms with van der Waals surface area (Å²) in [6.07, 6.45) is 0.914. The molecule has 4 atom stereocenters. The minimum atomic E-state index is -1.34. The van der Waals surface area contributed by atoms with Gasteiger partial charge in [0.2, 0.25) is 0 Å². The molecule has 1 N–H and O–H groups in total. The van der Waals surface area contributed by atoms with E-state index in [4.69, 9.17) is 16.3 Å². The van der Waals surface area contributed by atoms with Crippen LogP contribution in [0.15, 0.2) is 36.0 Å². The predicted molar refractivity (Wildman–Crippen MR) is 108 cm³/mol. The first-order chi connectivity index (χ1) is 13.5. The molecule has 0 aromatic heterocycles. The molecule has 1 amide bonds. The molecule has 2 rings (SSSR count). The molecule has 0 saturated carbocycles. The van der Waals surface area contributed by atoms with Crippen LogP contribution in [0.25, 0.3) is 0 Å². The number of benzene rings is 1. The van der Waals surface area contributed by atoms with Crippen LogP contribution in [0.1, 0.15) is 39.2 Å². The molecule has 0 radical (unpaired) electrons. The summed E-state index contributed by atoms with van der Waals surface area (Å²) in [6.45, 7) is 6.98. The highest BCUT2D eigenvalue weighted by Crippen LogP contribution is 2.49. The van der Waals surface area contributed by atoms with Gasteiger partial charge in [-0.2, -0.15) is 0 Å². The van der Waals surface area contributed by atoms with E-state index in [-0.39, 0.29) is 11.6 Å². The summed E-state index contributed by atoms with van der Waals surface area (Å²) in [7, 11) is 1.22. The maximum Gasteiger partial charge on any atom is 0.414 e. The van der Waals surface area contributed by atoms with E-state index in [1.807, 2.05) is 13.8 Å². The second-order valence-corrected chi connectivity index (χ2v) is 8.15. The van der Waals surface area contributed by atoms with Crippen LogP contribution in [0.3, 0.4) is 0 Å². The normalized spacial score (nSPS) is 25.3. The molecule has 0 aliphatic carbocycles. The number of carboxylic acid groups (broad SMARTS) is 1. The van der Waals surface area contributed by atoms with Crippen molar-refractivity contribution in [2.45, 2.75) is 44.5 Å². The molecule has 1 aliphatic heterocycles. The number of carboxylic acids is 1. The lowest BCUT2D eigenvalue weighted by Crippen LogP contribution is -2.64. The number of methoxy groups -OCH3 is 1. The van der Waals surface area contributed by atoms with Gasteiger partial charge in [0.25, 0.3) is 5.69 Å². The molecule has 1 heterocycles. The van der Waals surface area contributed by atoms with E-state index in [0.717, 1.165) is 0 Å². The number of ether oxygens (including phenoxy) is 1. The van der Waals surface area contributed by atoms with Crippen molar-refractivity contribution < 1.29 is 24.4 Å². The topological polar surface area (TPSA) is 110 Å². The SMILES string of the molecule is COC(=O)N1C(C)=CC(c2cccc([N+](=O)[O-])c2)C(C(=O)O)C1(C)C(Cl)C(C)C. The third-order valence-corrected chi connectivity index (χ3v) is 6.42. The number of nitrogens with zero attached hydrogens (tertiary/aromatic N) is 2. The van der Waals surface area contributed by atoms with Crippen molar-refractivity contribution in [3.63, 3.8) is 0 Å². The number of carbonyl (C=O) groups excluding carboxylic acids is 1. The number of amides is 1. The first kappa shape index (κ1) is 22.7. The van der Waals surface area contributed by atoms with E-state index in [9.17, 15) is 24.8 Å². The minimum Gasteiger partial charge on any atom is -0.481 e. The monoisotopic (exact) mass is 424 g/mol. The van der Waals surface area contributed by atoms with E-state index in [0.29, 0.717) is 11.3 Å². The van der Waals surface area contributed by atoms with Gasteiger partial charge >= 0.3 is 12.1 Å². The maximum atomic E-state index is 12.6. The van der Waals surface area contributed by atoms with Crippen molar-refractivity contribution in [3.8, 4) is 0 Å². The average molecular weight is 425 g/mol. The highest BCUT2D eigenvalue weighted by molar-refractivity contribution is 6.22. The fraction of sp³-hybridized carbons (Fsp3) is 0.500. The molecule has 9 heteroatoms. The van der Waals surface area contributed by atoms with Crippen LogP contribution in [-0.4, -0.2) is 45.0 Å². The van der Waals surface area contributed by atoms with Gasteiger partial charge in [0, 0.05) is 23.7 Å². The Morgan fingerprint density at radius 3 is 2.48 bits per heavy atom. The van der Waals surface area contributed by atoms with Gasteiger partial charge in [-0.1, -0.05) is 32.1 Å². The largest absolute Gasteiger partial charge is 0.481 e. The zero-order chi connectivity index (χ0) is 22.1. The van der Waals surface area contributed by atoms with Gasteiger partial charge in [0.15, 0.2) is 0 Å². The highest BCUT2D eigenvalue weighted by atomic mass is 35.5. The number of nitro groups is 1. The van der Waals surface area contributed by atoms with Crippen LogP contribution >= 0.6 is 11.6 Å². The standard InChI is InChI=1S/C20H25ClN2O6/c1-11(2)17(21)20(4)16(18(24)25)15(9-12(3)22(20)19(26)29-5)13-7-6-8-14(10-13)23(27)28/h6-11,15-17H,1-5H3,(H,24,25). The van der Waals surface area contributed by atoms with Gasteiger partial charge < -0.3 is 9.84 Å². The molecule has 0 spiro atoms. The molecule has 4 unspecified atom stereocenters. The third-order valence-electron chi connectivity index (χ3n) is 5.48. The molecule has 1 aliphatic rings. The number of aliphatic carboxylic acids is 1. The summed E-state index contributed by atoms with van der Waals surface area (Å²) >= 11 is 6.72. The second-order valence-electron chi connectivity index (χ2n) is 7.68. The Balaban J connectivity index is 2.78. The number of halogens is 1. The lowest BCUT2D eigenvalue weighted by molar-refractivity contribution is -0.384. The molecule has 29 heavy (non-hydrogen) atoms. The predicted octanol–water partition coefficient (Wildman–Crippen LogP) is 4.39. The van der Waals surface area contributed by atoms with Crippen LogP contribution in [0.4, 0.5) is 10.5 Å². The summed E-state index contributed by atoms with van der Waals surface area (Å²) in [5.41, 5.74) is -0.544. The van der Waals surface area contributed by atoms with Crippen molar-refractivity contribution in [3.05, 3.63) is 51.7 Å². The number of hydrogen-bond donors (Lipinski definition) is 1. The highest BCUT2D eigenvalue weighted by Gasteiger charge is 2.57. The number of rotatable bonds is 5. The first-order valence-corrected chi connectivity index (χ1v) is 9.58. The van der Waals surface area contributed by atoms with Crippen LogP contribution in [-0.2, 0) is 9.53 Å². The fourth-order valence-corrected chi connectivity index (χ4v) is 4.49. The van der Waals surface area contributed by atoms with Crippen molar-refractivity contribution in [1.82, 2.24) is 4.90 Å². The van der Waals surface area contributed by atoms with Crippen molar-refractivity contribution in [1.29, 1.82) is 0 Å². The van der Waals surface area contributed by atoms with Gasteiger partial charge in [0.1, 0.15) is 0 Å². The summed E-state index contributed by atoms with van der Waals surface area (Å²) in [5.74, 6) is -3.20. The van der Waals surface area contributed by atoms with Crippen LogP contribution in [0.2, 0.25) is 0 Å². The van der Waals surface area contributed by atoms with Crippen molar-refractivity contribution >= 4 is 29.4 Å². The molecule has 0 bridgehead atoms. The Morgan fingerprint density at radius 2 is 2.00 bits per heavy atom. The van der Waals surface area contributed by atoms with E-state index in [1.54, 1.807) is 26.0 Å². The van der Waals surface area contributed by atoms with Crippen LogP contribution in [0.5, 0.6) is 0 Å². The summed E-state index contributed by atoms with van der Waals surface area (Å²) < 4.78 is 4.91. The fourth-order valence-electron chi connectivity index (χ4n) is 4.25. The molecule has 0 saturated heterocycles. The zero-order valence-corrected chi connectivity index (χ0v) is 17.7. The number of nitro benzene ring substituents is 1. The molecular weight excluding hydrogens is 400 g/mol. The molecule has 0 fully saturated rings. The Labute approximate surface area is 174 Å². The number of non-ortho nitro benzene ring substituents is 1. The molecule has 158 valence electrons. The number of allylic oxidation sites excluding steroid dienone is 2. The minimum absolute atomic E-state index is 0.138. The summed E-state index contributed by atoms with van der Waals surface area (Å²) in [6, 6.07) is 5.86. The molecular formula is C20H25ClN2O6. The molecule has 1 aromatic rings. The Hall–Kier alpha value is -2.61. The van der Waals surface area contributed by atoms with Crippen LogP contribution in [0, 0.1) is 22.0 Å². The van der Waals surface area contributed by atoms with E-state index in [2.05, 4.69) is 0 Å². The van der Waals surface area contributed by atoms with E-state index >= 15 is 0 Å². The average Bonchev–Trinajstić information content (AvgIpc) is 2.66. The first-order valence-electron chi connectivity index (χ1n) is 9.14. The maximum absolute atomic E-state index is 12.6. The van der Waals surface area contributed by atoms with E-state index < -0.39 is 39.7 Å². The lowest BCUT2D eigenvalue weighted by atomic mass is 9.66. The quantitative estimate of drug-likeness (QED) is 0.426. The van der Waals surface area contributed by atoms with Gasteiger partial charge in [-0.3, -0.25) is 19.8 Å². The number of carbonyl (C=O) groups is 2. The second kappa shape index (κ2) is 8.41. The van der Waals surface area contributed by atoms with Crippen molar-refractivity contribution in [2.75, 3.05) is 7.11 Å². The molecule has 1 aromatic carbocycles. The van der Waals surface area contributed by atoms with Crippen LogP contribution < -0.4 is 0 Å². The Kier molecular flexibility index (Phi) is 6.57. The Morgan fingerprint density at radius 1 is 1.38 bits per heavy atom. The van der Waals surface area contributed by atoms with Gasteiger partial charge in [-0.25, -0.2) is 4.79 Å². The van der Waals surface area contributed by atoms with Gasteiger partial charge in [-0.15, -0.1) is 11.6 Å². The Bertz CT molecular complexity index is 855. The van der Waals surface area contributed by atoms with E-state index in [1.165, 1.54) is 30.2 Å². The number of alkyl halides is 1. The van der Waals surface area contributed by atoms with Gasteiger partial charge in [-0.05, 0) is 25.3 Å². The number of hydrogen-bond acceptors (Lipinski definition) is 5. The molecule has 8 nitrogen and oxygen atoms in total. The van der Waals surface area contributed by atoms with Crippen molar-refractivity contribution in [2.24, 2.45) is 11.8 Å². The lowest BCUT2D eigenvalue weighted by Gasteiger charge is -2.52. The summed E-state index contributed by atoms with van der Waals surface area (Å²) in [5, 5.41) is 20.6. The third kappa shape index (κ3) is 3.94.